The molecule has 1 aliphatic rings. The van der Waals surface area contributed by atoms with Crippen molar-refractivity contribution in [1.82, 2.24) is 4.31 Å². The van der Waals surface area contributed by atoms with Crippen LogP contribution in [0.1, 0.15) is 12.8 Å². The first kappa shape index (κ1) is 17.5. The average Bonchev–Trinajstić information content (AvgIpc) is 2.46. The lowest BCUT2D eigenvalue weighted by atomic mass is 9.99. The second kappa shape index (κ2) is 6.32. The fourth-order valence-electron chi connectivity index (χ4n) is 2.26. The maximum Gasteiger partial charge on any atom is 0.393 e. The molecule has 0 unspecified atom stereocenters. The molecule has 23 heavy (non-hydrogen) atoms. The van der Waals surface area contributed by atoms with Gasteiger partial charge in [0.1, 0.15) is 0 Å². The van der Waals surface area contributed by atoms with Crippen LogP contribution in [0, 0.1) is 16.0 Å². The van der Waals surface area contributed by atoms with Crippen LogP contribution < -0.4 is 4.18 Å². The summed E-state index contributed by atoms with van der Waals surface area (Å²) in [5, 5.41) is 10.8. The van der Waals surface area contributed by atoms with Crippen LogP contribution in [0.2, 0.25) is 0 Å². The van der Waals surface area contributed by atoms with Crippen LogP contribution >= 0.6 is 0 Å². The number of nitro groups is 1. The lowest BCUT2D eigenvalue weighted by Gasteiger charge is -2.32. The standard InChI is InChI=1S/C12H13F3N2O5S/c13-12(14,15)9-4-3-7-16(8-9)23(20,21)22-11-6-2-1-5-10(11)17(18)19/h1-2,5-6,9H,3-4,7-8H2/t9-/m0/s1. The molecule has 2 rings (SSSR count). The van der Waals surface area contributed by atoms with E-state index in [1.807, 2.05) is 0 Å². The molecule has 1 fully saturated rings. The third-order valence-corrected chi connectivity index (χ3v) is 4.77. The van der Waals surface area contributed by atoms with Gasteiger partial charge in [-0.15, -0.1) is 0 Å². The zero-order chi connectivity index (χ0) is 17.3. The van der Waals surface area contributed by atoms with Crippen molar-refractivity contribution in [2.75, 3.05) is 13.1 Å². The molecule has 0 saturated carbocycles. The number of rotatable bonds is 4. The quantitative estimate of drug-likeness (QED) is 0.612. The number of nitrogens with zero attached hydrogens (tertiary/aromatic N) is 2. The van der Waals surface area contributed by atoms with Gasteiger partial charge in [0.25, 0.3) is 0 Å². The number of para-hydroxylation sites is 2. The smallest absolute Gasteiger partial charge is 0.363 e. The molecule has 128 valence electrons. The number of piperidine rings is 1. The van der Waals surface area contributed by atoms with Crippen LogP contribution in [-0.4, -0.2) is 36.9 Å². The Balaban J connectivity index is 2.21. The lowest BCUT2D eigenvalue weighted by Crippen LogP contribution is -2.46. The molecule has 0 N–H and O–H groups in total. The average molecular weight is 354 g/mol. The second-order valence-electron chi connectivity index (χ2n) is 5.00. The molecule has 1 aromatic rings. The van der Waals surface area contributed by atoms with E-state index >= 15 is 0 Å². The zero-order valence-electron chi connectivity index (χ0n) is 11.7. The van der Waals surface area contributed by atoms with Gasteiger partial charge in [-0.3, -0.25) is 10.1 Å². The first-order valence-electron chi connectivity index (χ1n) is 6.61. The largest absolute Gasteiger partial charge is 0.393 e. The van der Waals surface area contributed by atoms with Crippen LogP contribution in [0.3, 0.4) is 0 Å². The molecule has 0 amide bonds. The van der Waals surface area contributed by atoms with Gasteiger partial charge in [-0.2, -0.15) is 25.9 Å². The molecule has 7 nitrogen and oxygen atoms in total. The van der Waals surface area contributed by atoms with Gasteiger partial charge in [-0.1, -0.05) is 12.1 Å². The molecule has 1 saturated heterocycles. The molecular formula is C12H13F3N2O5S. The molecule has 11 heteroatoms. The predicted octanol–water partition coefficient (Wildman–Crippen LogP) is 2.49. The Morgan fingerprint density at radius 2 is 1.96 bits per heavy atom. The van der Waals surface area contributed by atoms with Crippen LogP contribution in [0.15, 0.2) is 24.3 Å². The van der Waals surface area contributed by atoms with E-state index in [4.69, 9.17) is 0 Å². The van der Waals surface area contributed by atoms with Crippen molar-refractivity contribution < 1.29 is 30.7 Å². The van der Waals surface area contributed by atoms with Crippen LogP contribution in [0.5, 0.6) is 5.75 Å². The predicted molar refractivity (Wildman–Crippen MR) is 73.0 cm³/mol. The fraction of sp³-hybridized carbons (Fsp3) is 0.500. The third-order valence-electron chi connectivity index (χ3n) is 3.42. The second-order valence-corrected chi connectivity index (χ2v) is 6.54. The summed E-state index contributed by atoms with van der Waals surface area (Å²) in [5.41, 5.74) is -0.583. The minimum absolute atomic E-state index is 0.0314. The van der Waals surface area contributed by atoms with Gasteiger partial charge < -0.3 is 4.18 Å². The Bertz CT molecular complexity index is 692. The summed E-state index contributed by atoms with van der Waals surface area (Å²) in [4.78, 5) is 10.0. The van der Waals surface area contributed by atoms with Gasteiger partial charge in [0.15, 0.2) is 0 Å². The minimum atomic E-state index is -4.56. The number of hydrogen-bond acceptors (Lipinski definition) is 5. The van der Waals surface area contributed by atoms with E-state index in [1.165, 1.54) is 12.1 Å². The number of halogens is 3. The summed E-state index contributed by atoms with van der Waals surface area (Å²) < 4.78 is 67.7. The summed E-state index contributed by atoms with van der Waals surface area (Å²) in [7, 11) is -4.56. The maximum absolute atomic E-state index is 12.7. The Labute approximate surface area is 130 Å². The molecule has 0 aromatic heterocycles. The van der Waals surface area contributed by atoms with E-state index in [1.54, 1.807) is 0 Å². The minimum Gasteiger partial charge on any atom is -0.363 e. The van der Waals surface area contributed by atoms with E-state index in [2.05, 4.69) is 4.18 Å². The van der Waals surface area contributed by atoms with Gasteiger partial charge in [0.2, 0.25) is 5.75 Å². The van der Waals surface area contributed by atoms with Gasteiger partial charge in [-0.25, -0.2) is 0 Å². The van der Waals surface area contributed by atoms with Crippen molar-refractivity contribution in [3.8, 4) is 5.75 Å². The summed E-state index contributed by atoms with van der Waals surface area (Å²) in [6.07, 6.45) is -4.64. The molecule has 0 bridgehead atoms. The normalized spacial score (nSPS) is 20.2. The molecule has 1 heterocycles. The Morgan fingerprint density at radius 1 is 1.30 bits per heavy atom. The summed E-state index contributed by atoms with van der Waals surface area (Å²) in [6, 6.07) is 4.76. The molecule has 0 aliphatic carbocycles. The van der Waals surface area contributed by atoms with E-state index < -0.39 is 45.3 Å². The zero-order valence-corrected chi connectivity index (χ0v) is 12.5. The highest BCUT2D eigenvalue weighted by Gasteiger charge is 2.44. The first-order valence-corrected chi connectivity index (χ1v) is 7.97. The number of nitro benzene ring substituents is 1. The molecule has 0 spiro atoms. The SMILES string of the molecule is O=[N+]([O-])c1ccccc1OS(=O)(=O)N1CCC[C@H](C(F)(F)F)C1. The van der Waals surface area contributed by atoms with E-state index in [-0.39, 0.29) is 19.4 Å². The summed E-state index contributed by atoms with van der Waals surface area (Å²) >= 11 is 0. The van der Waals surface area contributed by atoms with Gasteiger partial charge >= 0.3 is 22.2 Å². The molecular weight excluding hydrogens is 341 g/mol. The van der Waals surface area contributed by atoms with Crippen LogP contribution in [-0.2, 0) is 10.3 Å². The van der Waals surface area contributed by atoms with Crippen molar-refractivity contribution >= 4 is 16.0 Å². The molecule has 1 aliphatic heterocycles. The van der Waals surface area contributed by atoms with E-state index in [0.29, 0.717) is 4.31 Å². The van der Waals surface area contributed by atoms with Crippen LogP contribution in [0.25, 0.3) is 0 Å². The Kier molecular flexibility index (Phi) is 4.80. The van der Waals surface area contributed by atoms with Gasteiger partial charge in [-0.05, 0) is 18.9 Å². The summed E-state index contributed by atoms with van der Waals surface area (Å²) in [6.45, 7) is -0.887. The van der Waals surface area contributed by atoms with Crippen molar-refractivity contribution in [3.05, 3.63) is 34.4 Å². The topological polar surface area (TPSA) is 89.7 Å². The third kappa shape index (κ3) is 4.10. The highest BCUT2D eigenvalue weighted by molar-refractivity contribution is 7.84. The first-order chi connectivity index (χ1) is 10.6. The van der Waals surface area contributed by atoms with Gasteiger partial charge in [0, 0.05) is 19.2 Å². The van der Waals surface area contributed by atoms with Crippen molar-refractivity contribution in [3.63, 3.8) is 0 Å². The van der Waals surface area contributed by atoms with Crippen molar-refractivity contribution in [2.24, 2.45) is 5.92 Å². The molecule has 1 atom stereocenters. The highest BCUT2D eigenvalue weighted by atomic mass is 32.2. The monoisotopic (exact) mass is 354 g/mol. The number of hydrogen-bond donors (Lipinski definition) is 0. The van der Waals surface area contributed by atoms with Crippen molar-refractivity contribution in [2.45, 2.75) is 19.0 Å². The Hall–Kier alpha value is -1.88. The van der Waals surface area contributed by atoms with Crippen molar-refractivity contribution in [1.29, 1.82) is 0 Å². The Morgan fingerprint density at radius 3 is 2.57 bits per heavy atom. The number of alkyl halides is 3. The van der Waals surface area contributed by atoms with Crippen LogP contribution in [0.4, 0.5) is 18.9 Å². The van der Waals surface area contributed by atoms with E-state index in [0.717, 1.165) is 12.1 Å². The lowest BCUT2D eigenvalue weighted by molar-refractivity contribution is -0.385. The van der Waals surface area contributed by atoms with Gasteiger partial charge in [0.05, 0.1) is 10.8 Å². The molecule has 0 radical (unpaired) electrons. The fourth-order valence-corrected chi connectivity index (χ4v) is 3.45. The van der Waals surface area contributed by atoms with E-state index in [9.17, 15) is 31.7 Å². The molecule has 1 aromatic carbocycles. The highest BCUT2D eigenvalue weighted by Crippen LogP contribution is 2.35. The summed E-state index contributed by atoms with van der Waals surface area (Å²) in [5.74, 6) is -2.31. The number of benzene rings is 1. The maximum atomic E-state index is 12.7.